The van der Waals surface area contributed by atoms with Gasteiger partial charge in [-0.15, -0.1) is 0 Å². The third kappa shape index (κ3) is 3.55. The number of hydrogen-bond acceptors (Lipinski definition) is 6. The summed E-state index contributed by atoms with van der Waals surface area (Å²) < 4.78 is 0. The number of aliphatic hydroxyl groups is 2. The lowest BCUT2D eigenvalue weighted by Crippen LogP contribution is -2.19. The highest BCUT2D eigenvalue weighted by atomic mass is 16.6. The predicted octanol–water partition coefficient (Wildman–Crippen LogP) is 1.40. The summed E-state index contributed by atoms with van der Waals surface area (Å²) >= 11 is 0. The van der Waals surface area contributed by atoms with E-state index in [9.17, 15) is 25.4 Å². The molecule has 2 atom stereocenters. The predicted molar refractivity (Wildman–Crippen MR) is 64.4 cm³/mol. The lowest BCUT2D eigenvalue weighted by molar-refractivity contribution is -0.386. The van der Waals surface area contributed by atoms with Gasteiger partial charge < -0.3 is 15.3 Å². The largest absolute Gasteiger partial charge is 0.502 e. The number of phenolic OH excluding ortho intramolecular Hbond substituents is 1. The van der Waals surface area contributed by atoms with E-state index in [0.717, 1.165) is 6.07 Å². The highest BCUT2D eigenvalue weighted by Gasteiger charge is 2.25. The number of benzene rings is 1. The zero-order valence-electron chi connectivity index (χ0n) is 9.75. The van der Waals surface area contributed by atoms with E-state index in [1.165, 1.54) is 12.1 Å². The molecule has 0 amide bonds. The van der Waals surface area contributed by atoms with Gasteiger partial charge in [-0.05, 0) is 12.0 Å². The average Bonchev–Trinajstić information content (AvgIpc) is 2.38. The number of azide groups is 1. The number of hydrogen-bond donors (Lipinski definition) is 3. The van der Waals surface area contributed by atoms with Gasteiger partial charge in [0.05, 0.1) is 11.0 Å². The first-order valence-corrected chi connectivity index (χ1v) is 5.32. The maximum Gasteiger partial charge on any atom is 0.311 e. The molecule has 0 aliphatic carbocycles. The van der Waals surface area contributed by atoms with E-state index in [0.29, 0.717) is 0 Å². The Morgan fingerprint density at radius 1 is 1.47 bits per heavy atom. The highest BCUT2D eigenvalue weighted by Crippen LogP contribution is 2.34. The summed E-state index contributed by atoms with van der Waals surface area (Å²) in [5.41, 5.74) is 7.37. The molecule has 2 unspecified atom stereocenters. The molecule has 0 bridgehead atoms. The molecule has 0 heterocycles. The summed E-state index contributed by atoms with van der Waals surface area (Å²) in [5, 5.41) is 42.9. The minimum atomic E-state index is -1.51. The van der Waals surface area contributed by atoms with Crippen LogP contribution in [0.4, 0.5) is 5.69 Å². The molecule has 9 nitrogen and oxygen atoms in total. The summed E-state index contributed by atoms with van der Waals surface area (Å²) in [5.74, 6) is -0.692. The van der Waals surface area contributed by atoms with Crippen molar-refractivity contribution in [1.29, 1.82) is 0 Å². The van der Waals surface area contributed by atoms with Gasteiger partial charge in [0, 0.05) is 23.1 Å². The molecule has 9 heteroatoms. The first-order chi connectivity index (χ1) is 8.99. The van der Waals surface area contributed by atoms with Crippen LogP contribution < -0.4 is 0 Å². The van der Waals surface area contributed by atoms with Crippen LogP contribution in [0.25, 0.3) is 10.4 Å². The topological polar surface area (TPSA) is 153 Å². The Kier molecular flexibility index (Phi) is 5.07. The molecule has 0 aliphatic heterocycles. The number of phenols is 1. The maximum atomic E-state index is 10.6. The van der Waals surface area contributed by atoms with E-state index in [-0.39, 0.29) is 18.5 Å². The molecule has 19 heavy (non-hydrogen) atoms. The van der Waals surface area contributed by atoms with Crippen molar-refractivity contribution in [2.75, 3.05) is 6.54 Å². The second kappa shape index (κ2) is 6.55. The molecule has 0 radical (unpaired) electrons. The summed E-state index contributed by atoms with van der Waals surface area (Å²) in [6.07, 6.45) is -2.85. The van der Waals surface area contributed by atoms with Crippen molar-refractivity contribution in [3.05, 3.63) is 44.3 Å². The average molecular weight is 268 g/mol. The number of aromatic hydroxyl groups is 1. The van der Waals surface area contributed by atoms with Gasteiger partial charge >= 0.3 is 5.69 Å². The van der Waals surface area contributed by atoms with Crippen LogP contribution in [0, 0.1) is 10.1 Å². The number of rotatable bonds is 6. The van der Waals surface area contributed by atoms with Crippen LogP contribution in [-0.4, -0.2) is 32.9 Å². The fourth-order valence-corrected chi connectivity index (χ4v) is 1.53. The Labute approximate surface area is 107 Å². The minimum Gasteiger partial charge on any atom is -0.502 e. The molecule has 0 saturated carbocycles. The SMILES string of the molecule is [N-]=[N+]=NCCC(O)C(O)c1cccc([N+](=O)[O-])c1O. The van der Waals surface area contributed by atoms with Crippen LogP contribution in [0.5, 0.6) is 5.75 Å². The monoisotopic (exact) mass is 268 g/mol. The van der Waals surface area contributed by atoms with Crippen LogP contribution in [0.1, 0.15) is 18.1 Å². The quantitative estimate of drug-likeness (QED) is 0.234. The fraction of sp³-hybridized carbons (Fsp3) is 0.400. The molecule has 1 aromatic carbocycles. The Balaban J connectivity index is 2.93. The summed E-state index contributed by atoms with van der Waals surface area (Å²) in [6.45, 7) is -0.0373. The Bertz CT molecular complexity index is 515. The van der Waals surface area contributed by atoms with Crippen molar-refractivity contribution in [2.45, 2.75) is 18.6 Å². The molecule has 1 rings (SSSR count). The van der Waals surface area contributed by atoms with Crippen molar-refractivity contribution in [3.63, 3.8) is 0 Å². The third-order valence-electron chi connectivity index (χ3n) is 2.51. The third-order valence-corrected chi connectivity index (χ3v) is 2.51. The normalized spacial score (nSPS) is 13.4. The van der Waals surface area contributed by atoms with Gasteiger partial charge in [0.1, 0.15) is 6.10 Å². The van der Waals surface area contributed by atoms with E-state index in [4.69, 9.17) is 5.53 Å². The molecule has 0 aromatic heterocycles. The van der Waals surface area contributed by atoms with Crippen molar-refractivity contribution in [1.82, 2.24) is 0 Å². The lowest BCUT2D eigenvalue weighted by atomic mass is 10.0. The Hall–Kier alpha value is -2.35. The summed E-state index contributed by atoms with van der Waals surface area (Å²) in [6, 6.07) is 3.64. The smallest absolute Gasteiger partial charge is 0.311 e. The van der Waals surface area contributed by atoms with E-state index >= 15 is 0 Å². The molecular weight excluding hydrogens is 256 g/mol. The van der Waals surface area contributed by atoms with Crippen molar-refractivity contribution in [3.8, 4) is 5.75 Å². The lowest BCUT2D eigenvalue weighted by Gasteiger charge is -2.18. The molecule has 1 aromatic rings. The summed E-state index contributed by atoms with van der Waals surface area (Å²) in [7, 11) is 0. The van der Waals surface area contributed by atoms with Gasteiger partial charge in [0.2, 0.25) is 0 Å². The van der Waals surface area contributed by atoms with Crippen LogP contribution in [-0.2, 0) is 0 Å². The van der Waals surface area contributed by atoms with Gasteiger partial charge in [-0.1, -0.05) is 17.2 Å². The molecular formula is C10H12N4O5. The number of nitro groups is 1. The Morgan fingerprint density at radius 2 is 2.16 bits per heavy atom. The van der Waals surface area contributed by atoms with Crippen molar-refractivity contribution in [2.24, 2.45) is 5.11 Å². The first kappa shape index (κ1) is 14.7. The number of aliphatic hydroxyl groups excluding tert-OH is 2. The van der Waals surface area contributed by atoms with Gasteiger partial charge in [0.25, 0.3) is 0 Å². The van der Waals surface area contributed by atoms with E-state index in [1.807, 2.05) is 0 Å². The number of nitrogens with zero attached hydrogens (tertiary/aromatic N) is 4. The number of nitro benzene ring substituents is 1. The molecule has 3 N–H and O–H groups in total. The molecule has 0 fully saturated rings. The van der Waals surface area contributed by atoms with Gasteiger partial charge in [-0.3, -0.25) is 10.1 Å². The zero-order chi connectivity index (χ0) is 14.4. The second-order valence-corrected chi connectivity index (χ2v) is 3.73. The van der Waals surface area contributed by atoms with Crippen LogP contribution in [0.15, 0.2) is 23.3 Å². The zero-order valence-corrected chi connectivity index (χ0v) is 9.75. The molecule has 0 spiro atoms. The Morgan fingerprint density at radius 3 is 2.74 bits per heavy atom. The minimum absolute atomic E-state index is 0.0344. The molecule has 0 saturated heterocycles. The van der Waals surface area contributed by atoms with Gasteiger partial charge in [-0.25, -0.2) is 0 Å². The van der Waals surface area contributed by atoms with Crippen LogP contribution >= 0.6 is 0 Å². The number of para-hydroxylation sites is 1. The van der Waals surface area contributed by atoms with Crippen molar-refractivity contribution >= 4 is 5.69 Å². The van der Waals surface area contributed by atoms with E-state index in [1.54, 1.807) is 0 Å². The molecule has 102 valence electrons. The standard InChI is InChI=1S/C10H12N4O5/c11-13-12-5-4-8(15)10(17)6-2-1-3-7(9(6)16)14(18)19/h1-3,8,10,15-17H,4-5H2. The van der Waals surface area contributed by atoms with Gasteiger partial charge in [0.15, 0.2) is 5.75 Å². The second-order valence-electron chi connectivity index (χ2n) is 3.73. The van der Waals surface area contributed by atoms with E-state index in [2.05, 4.69) is 10.0 Å². The maximum absolute atomic E-state index is 10.6. The highest BCUT2D eigenvalue weighted by molar-refractivity contribution is 5.51. The van der Waals surface area contributed by atoms with E-state index < -0.39 is 28.6 Å². The van der Waals surface area contributed by atoms with Crippen LogP contribution in [0.3, 0.4) is 0 Å². The van der Waals surface area contributed by atoms with Crippen LogP contribution in [0.2, 0.25) is 0 Å². The molecule has 0 aliphatic rings. The fourth-order valence-electron chi connectivity index (χ4n) is 1.53. The van der Waals surface area contributed by atoms with Crippen molar-refractivity contribution < 1.29 is 20.2 Å². The first-order valence-electron chi connectivity index (χ1n) is 5.32. The van der Waals surface area contributed by atoms with Gasteiger partial charge in [-0.2, -0.15) is 0 Å². The summed E-state index contributed by atoms with van der Waals surface area (Å²) in [4.78, 5) is 12.3.